The van der Waals surface area contributed by atoms with Gasteiger partial charge in [-0.15, -0.1) is 0 Å². The molecule has 1 aromatic carbocycles. The van der Waals surface area contributed by atoms with Crippen molar-refractivity contribution >= 4 is 40.6 Å². The smallest absolute Gasteiger partial charge is 0.257 e. The molecule has 1 amide bonds. The molecule has 7 heteroatoms. The predicted molar refractivity (Wildman–Crippen MR) is 73.0 cm³/mol. The molecule has 1 heterocycles. The summed E-state index contributed by atoms with van der Waals surface area (Å²) in [6.07, 6.45) is 1.25. The monoisotopic (exact) mass is 299 g/mol. The van der Waals surface area contributed by atoms with Crippen molar-refractivity contribution in [1.29, 1.82) is 0 Å². The van der Waals surface area contributed by atoms with Gasteiger partial charge in [0.1, 0.15) is 5.82 Å². The number of benzene rings is 1. The number of pyridine rings is 1. The molecule has 1 aromatic heterocycles. The Labute approximate surface area is 118 Å². The summed E-state index contributed by atoms with van der Waals surface area (Å²) in [5.74, 6) is -1.14. The van der Waals surface area contributed by atoms with E-state index in [9.17, 15) is 9.18 Å². The first-order valence-electron chi connectivity index (χ1n) is 5.15. The molecule has 0 aliphatic carbocycles. The van der Waals surface area contributed by atoms with E-state index in [1.54, 1.807) is 0 Å². The molecule has 0 saturated heterocycles. The molecule has 2 rings (SSSR count). The van der Waals surface area contributed by atoms with Crippen molar-refractivity contribution in [3.05, 3.63) is 51.9 Å². The van der Waals surface area contributed by atoms with Crippen molar-refractivity contribution in [2.75, 3.05) is 11.1 Å². The highest BCUT2D eigenvalue weighted by Gasteiger charge is 2.12. The standard InChI is InChI=1S/C12H8Cl2FN3O/c13-7-2-1-3-9(10(7)15)18-12(19)6-4-8(14)11(16)17-5-6/h1-5H,(H2,16,17)(H,18,19). The Bertz CT molecular complexity index is 649. The van der Waals surface area contributed by atoms with Crippen molar-refractivity contribution in [3.63, 3.8) is 0 Å². The van der Waals surface area contributed by atoms with Crippen LogP contribution in [-0.2, 0) is 0 Å². The van der Waals surface area contributed by atoms with Crippen LogP contribution in [0.15, 0.2) is 30.5 Å². The Hall–Kier alpha value is -1.85. The second-order valence-corrected chi connectivity index (χ2v) is 4.46. The normalized spacial score (nSPS) is 10.3. The van der Waals surface area contributed by atoms with E-state index in [1.165, 1.54) is 30.5 Å². The average molecular weight is 300 g/mol. The fourth-order valence-electron chi connectivity index (χ4n) is 1.37. The van der Waals surface area contributed by atoms with Crippen LogP contribution in [0.1, 0.15) is 10.4 Å². The van der Waals surface area contributed by atoms with E-state index in [2.05, 4.69) is 10.3 Å². The van der Waals surface area contributed by atoms with Crippen LogP contribution in [0.4, 0.5) is 15.9 Å². The first-order chi connectivity index (χ1) is 8.99. The third kappa shape index (κ3) is 2.94. The van der Waals surface area contributed by atoms with Crippen LogP contribution >= 0.6 is 23.2 Å². The van der Waals surface area contributed by atoms with Crippen molar-refractivity contribution in [3.8, 4) is 0 Å². The molecule has 98 valence electrons. The minimum absolute atomic E-state index is 0.0227. The van der Waals surface area contributed by atoms with Gasteiger partial charge in [0, 0.05) is 6.20 Å². The lowest BCUT2D eigenvalue weighted by Crippen LogP contribution is -2.13. The second-order valence-electron chi connectivity index (χ2n) is 3.65. The van der Waals surface area contributed by atoms with E-state index in [-0.39, 0.29) is 27.1 Å². The topological polar surface area (TPSA) is 68.0 Å². The summed E-state index contributed by atoms with van der Waals surface area (Å²) in [7, 11) is 0. The molecular formula is C12H8Cl2FN3O. The summed E-state index contributed by atoms with van der Waals surface area (Å²) in [4.78, 5) is 15.6. The zero-order valence-corrected chi connectivity index (χ0v) is 11.0. The Morgan fingerprint density at radius 3 is 2.74 bits per heavy atom. The summed E-state index contributed by atoms with van der Waals surface area (Å²) >= 11 is 11.4. The highest BCUT2D eigenvalue weighted by atomic mass is 35.5. The number of nitrogens with zero attached hydrogens (tertiary/aromatic N) is 1. The third-order valence-electron chi connectivity index (χ3n) is 2.33. The molecule has 0 atom stereocenters. The maximum Gasteiger partial charge on any atom is 0.257 e. The molecule has 0 aliphatic rings. The molecule has 3 N–H and O–H groups in total. The number of halogens is 3. The van der Waals surface area contributed by atoms with Gasteiger partial charge < -0.3 is 11.1 Å². The van der Waals surface area contributed by atoms with Gasteiger partial charge in [-0.1, -0.05) is 29.3 Å². The van der Waals surface area contributed by atoms with Gasteiger partial charge in [0.25, 0.3) is 5.91 Å². The Morgan fingerprint density at radius 2 is 2.05 bits per heavy atom. The molecule has 4 nitrogen and oxygen atoms in total. The fourth-order valence-corrected chi connectivity index (χ4v) is 1.71. The van der Waals surface area contributed by atoms with Crippen LogP contribution in [0.3, 0.4) is 0 Å². The lowest BCUT2D eigenvalue weighted by Gasteiger charge is -2.07. The number of amides is 1. The summed E-state index contributed by atoms with van der Waals surface area (Å²) in [6, 6.07) is 5.65. The number of nitrogen functional groups attached to an aromatic ring is 1. The quantitative estimate of drug-likeness (QED) is 0.893. The van der Waals surface area contributed by atoms with Crippen molar-refractivity contribution in [1.82, 2.24) is 4.98 Å². The minimum atomic E-state index is -0.702. The SMILES string of the molecule is Nc1ncc(C(=O)Nc2cccc(Cl)c2F)cc1Cl. The highest BCUT2D eigenvalue weighted by Crippen LogP contribution is 2.23. The Kier molecular flexibility index (Phi) is 3.87. The van der Waals surface area contributed by atoms with E-state index in [1.807, 2.05) is 0 Å². The number of carbonyl (C=O) groups is 1. The molecule has 19 heavy (non-hydrogen) atoms. The van der Waals surface area contributed by atoms with Gasteiger partial charge >= 0.3 is 0 Å². The van der Waals surface area contributed by atoms with Gasteiger partial charge in [-0.25, -0.2) is 9.37 Å². The number of hydrogen-bond donors (Lipinski definition) is 2. The Balaban J connectivity index is 2.26. The van der Waals surface area contributed by atoms with E-state index in [4.69, 9.17) is 28.9 Å². The van der Waals surface area contributed by atoms with Gasteiger partial charge in [-0.2, -0.15) is 0 Å². The number of hydrogen-bond acceptors (Lipinski definition) is 3. The molecule has 0 radical (unpaired) electrons. The van der Waals surface area contributed by atoms with Crippen LogP contribution in [0.25, 0.3) is 0 Å². The largest absolute Gasteiger partial charge is 0.382 e. The zero-order valence-electron chi connectivity index (χ0n) is 9.45. The van der Waals surface area contributed by atoms with Gasteiger partial charge in [0.05, 0.1) is 21.3 Å². The minimum Gasteiger partial charge on any atom is -0.382 e. The van der Waals surface area contributed by atoms with Crippen molar-refractivity contribution in [2.45, 2.75) is 0 Å². The number of nitrogens with one attached hydrogen (secondary N) is 1. The zero-order chi connectivity index (χ0) is 14.0. The lowest BCUT2D eigenvalue weighted by atomic mass is 10.2. The maximum atomic E-state index is 13.6. The van der Waals surface area contributed by atoms with Crippen molar-refractivity contribution in [2.24, 2.45) is 0 Å². The highest BCUT2D eigenvalue weighted by molar-refractivity contribution is 6.33. The van der Waals surface area contributed by atoms with Crippen LogP contribution < -0.4 is 11.1 Å². The van der Waals surface area contributed by atoms with Crippen molar-refractivity contribution < 1.29 is 9.18 Å². The molecule has 0 unspecified atom stereocenters. The number of rotatable bonds is 2. The number of carbonyl (C=O) groups excluding carboxylic acids is 1. The maximum absolute atomic E-state index is 13.6. The van der Waals surface area contributed by atoms with Crippen LogP contribution in [0, 0.1) is 5.82 Å². The molecular weight excluding hydrogens is 292 g/mol. The van der Waals surface area contributed by atoms with Gasteiger partial charge in [-0.05, 0) is 18.2 Å². The van der Waals surface area contributed by atoms with E-state index in [0.29, 0.717) is 0 Å². The van der Waals surface area contributed by atoms with Gasteiger partial charge in [0.2, 0.25) is 0 Å². The summed E-state index contributed by atoms with van der Waals surface area (Å²) in [5.41, 5.74) is 5.58. The lowest BCUT2D eigenvalue weighted by molar-refractivity contribution is 0.102. The molecule has 0 saturated carbocycles. The first-order valence-corrected chi connectivity index (χ1v) is 5.91. The van der Waals surface area contributed by atoms with Gasteiger partial charge in [-0.3, -0.25) is 4.79 Å². The second kappa shape index (κ2) is 5.42. The third-order valence-corrected chi connectivity index (χ3v) is 2.93. The number of aromatic nitrogens is 1. The molecule has 0 aliphatic heterocycles. The molecule has 2 aromatic rings. The predicted octanol–water partition coefficient (Wildman–Crippen LogP) is 3.36. The number of nitrogens with two attached hydrogens (primary N) is 1. The Morgan fingerprint density at radius 1 is 1.32 bits per heavy atom. The average Bonchev–Trinajstić information content (AvgIpc) is 2.38. The fraction of sp³-hybridized carbons (Fsp3) is 0. The molecule has 0 bridgehead atoms. The number of anilines is 2. The molecule has 0 fully saturated rings. The summed E-state index contributed by atoms with van der Waals surface area (Å²) in [5, 5.41) is 2.45. The summed E-state index contributed by atoms with van der Waals surface area (Å²) < 4.78 is 13.6. The van der Waals surface area contributed by atoms with Crippen LogP contribution in [-0.4, -0.2) is 10.9 Å². The van der Waals surface area contributed by atoms with Crippen LogP contribution in [0.5, 0.6) is 0 Å². The van der Waals surface area contributed by atoms with E-state index in [0.717, 1.165) is 0 Å². The molecule has 0 spiro atoms. The van der Waals surface area contributed by atoms with E-state index < -0.39 is 11.7 Å². The summed E-state index contributed by atoms with van der Waals surface area (Å²) in [6.45, 7) is 0. The van der Waals surface area contributed by atoms with Gasteiger partial charge in [0.15, 0.2) is 5.82 Å². The van der Waals surface area contributed by atoms with Crippen LogP contribution in [0.2, 0.25) is 10.0 Å². The first kappa shape index (κ1) is 13.6. The van der Waals surface area contributed by atoms with E-state index >= 15 is 0 Å².